The van der Waals surface area contributed by atoms with Crippen LogP contribution >= 0.6 is 0 Å². The zero-order chi connectivity index (χ0) is 16.7. The molecule has 0 spiro atoms. The highest BCUT2D eigenvalue weighted by atomic mass is 16.5. The molecule has 0 heterocycles. The first kappa shape index (κ1) is 17.2. The Morgan fingerprint density at radius 3 is 2.26 bits per heavy atom. The molecule has 124 valence electrons. The molecule has 0 radical (unpaired) electrons. The van der Waals surface area contributed by atoms with Crippen LogP contribution in [-0.4, -0.2) is 20.8 Å². The van der Waals surface area contributed by atoms with E-state index in [0.717, 1.165) is 29.4 Å². The van der Waals surface area contributed by atoms with Gasteiger partial charge in [0.25, 0.3) is 0 Å². The standard InChI is InChI=1S/C19H25NO3/c1-5-23-17-9-7-16(8-10-17)14(2)20-13-15-6-11-18(21-3)19(12-15)22-4/h6-12,14,20H,5,13H2,1-4H3. The number of nitrogens with one attached hydrogen (secondary N) is 1. The molecule has 0 aliphatic heterocycles. The monoisotopic (exact) mass is 315 g/mol. The number of ether oxygens (including phenoxy) is 3. The number of benzene rings is 2. The summed E-state index contributed by atoms with van der Waals surface area (Å²) < 4.78 is 16.1. The van der Waals surface area contributed by atoms with Gasteiger partial charge in [-0.25, -0.2) is 0 Å². The first-order valence-electron chi connectivity index (χ1n) is 7.85. The predicted molar refractivity (Wildman–Crippen MR) is 92.4 cm³/mol. The summed E-state index contributed by atoms with van der Waals surface area (Å²) in [5.74, 6) is 2.40. The maximum atomic E-state index is 5.47. The van der Waals surface area contributed by atoms with Gasteiger partial charge in [-0.15, -0.1) is 0 Å². The third-order valence-corrected chi connectivity index (χ3v) is 3.75. The second-order valence-electron chi connectivity index (χ2n) is 5.29. The van der Waals surface area contributed by atoms with Crippen LogP contribution in [0.1, 0.15) is 31.0 Å². The van der Waals surface area contributed by atoms with Crippen LogP contribution in [0, 0.1) is 0 Å². The molecule has 2 rings (SSSR count). The van der Waals surface area contributed by atoms with Gasteiger partial charge in [-0.1, -0.05) is 18.2 Å². The fourth-order valence-corrected chi connectivity index (χ4v) is 2.40. The normalized spacial score (nSPS) is 11.8. The van der Waals surface area contributed by atoms with Crippen LogP contribution < -0.4 is 19.5 Å². The van der Waals surface area contributed by atoms with Crippen molar-refractivity contribution in [3.8, 4) is 17.2 Å². The van der Waals surface area contributed by atoms with Gasteiger partial charge in [-0.2, -0.15) is 0 Å². The first-order valence-corrected chi connectivity index (χ1v) is 7.85. The number of rotatable bonds is 8. The summed E-state index contributed by atoms with van der Waals surface area (Å²) in [7, 11) is 3.29. The van der Waals surface area contributed by atoms with Crippen molar-refractivity contribution in [2.75, 3.05) is 20.8 Å². The highest BCUT2D eigenvalue weighted by Gasteiger charge is 2.08. The van der Waals surface area contributed by atoms with E-state index in [1.165, 1.54) is 5.56 Å². The summed E-state index contributed by atoms with van der Waals surface area (Å²) >= 11 is 0. The molecule has 0 saturated carbocycles. The van der Waals surface area contributed by atoms with Crippen LogP contribution in [0.15, 0.2) is 42.5 Å². The van der Waals surface area contributed by atoms with Crippen LogP contribution in [0.25, 0.3) is 0 Å². The van der Waals surface area contributed by atoms with E-state index in [0.29, 0.717) is 6.61 Å². The van der Waals surface area contributed by atoms with E-state index >= 15 is 0 Å². The summed E-state index contributed by atoms with van der Waals surface area (Å²) in [5.41, 5.74) is 2.38. The summed E-state index contributed by atoms with van der Waals surface area (Å²) in [5, 5.41) is 3.52. The van der Waals surface area contributed by atoms with E-state index < -0.39 is 0 Å². The lowest BCUT2D eigenvalue weighted by Gasteiger charge is -2.16. The van der Waals surface area contributed by atoms with Crippen molar-refractivity contribution in [3.05, 3.63) is 53.6 Å². The van der Waals surface area contributed by atoms with Gasteiger partial charge in [0.1, 0.15) is 5.75 Å². The van der Waals surface area contributed by atoms with Gasteiger partial charge < -0.3 is 19.5 Å². The highest BCUT2D eigenvalue weighted by Crippen LogP contribution is 2.27. The smallest absolute Gasteiger partial charge is 0.161 e. The van der Waals surface area contributed by atoms with E-state index in [4.69, 9.17) is 14.2 Å². The third kappa shape index (κ3) is 4.63. The Morgan fingerprint density at radius 2 is 1.65 bits per heavy atom. The molecule has 0 bridgehead atoms. The quantitative estimate of drug-likeness (QED) is 0.800. The Kier molecular flexibility index (Phi) is 6.29. The molecule has 2 aromatic carbocycles. The topological polar surface area (TPSA) is 39.7 Å². The van der Waals surface area contributed by atoms with E-state index in [1.807, 2.05) is 37.3 Å². The average Bonchev–Trinajstić information content (AvgIpc) is 2.60. The second kappa shape index (κ2) is 8.44. The maximum absolute atomic E-state index is 5.47. The molecule has 0 saturated heterocycles. The van der Waals surface area contributed by atoms with Crippen molar-refractivity contribution in [1.29, 1.82) is 0 Å². The predicted octanol–water partition coefficient (Wildman–Crippen LogP) is 3.95. The third-order valence-electron chi connectivity index (χ3n) is 3.75. The van der Waals surface area contributed by atoms with Gasteiger partial charge in [0.15, 0.2) is 11.5 Å². The lowest BCUT2D eigenvalue weighted by Crippen LogP contribution is -2.18. The minimum absolute atomic E-state index is 0.249. The zero-order valence-electron chi connectivity index (χ0n) is 14.3. The average molecular weight is 315 g/mol. The summed E-state index contributed by atoms with van der Waals surface area (Å²) in [4.78, 5) is 0. The number of methoxy groups -OCH3 is 2. The van der Waals surface area contributed by atoms with Crippen molar-refractivity contribution in [2.45, 2.75) is 26.4 Å². The van der Waals surface area contributed by atoms with E-state index in [9.17, 15) is 0 Å². The van der Waals surface area contributed by atoms with Gasteiger partial charge in [0.05, 0.1) is 20.8 Å². The van der Waals surface area contributed by atoms with Crippen molar-refractivity contribution in [2.24, 2.45) is 0 Å². The van der Waals surface area contributed by atoms with Crippen molar-refractivity contribution >= 4 is 0 Å². The zero-order valence-corrected chi connectivity index (χ0v) is 14.3. The van der Waals surface area contributed by atoms with Crippen LogP contribution in [0.4, 0.5) is 0 Å². The fraction of sp³-hybridized carbons (Fsp3) is 0.368. The van der Waals surface area contributed by atoms with E-state index in [1.54, 1.807) is 14.2 Å². The fourth-order valence-electron chi connectivity index (χ4n) is 2.40. The largest absolute Gasteiger partial charge is 0.494 e. The molecule has 4 heteroatoms. The SMILES string of the molecule is CCOc1ccc(C(C)NCc2ccc(OC)c(OC)c2)cc1. The Balaban J connectivity index is 1.97. The molecule has 23 heavy (non-hydrogen) atoms. The Bertz CT molecular complexity index is 611. The first-order chi connectivity index (χ1) is 11.2. The van der Waals surface area contributed by atoms with Crippen LogP contribution in [0.5, 0.6) is 17.2 Å². The van der Waals surface area contributed by atoms with Crippen molar-refractivity contribution in [3.63, 3.8) is 0 Å². The maximum Gasteiger partial charge on any atom is 0.161 e. The summed E-state index contributed by atoms with van der Waals surface area (Å²) in [6.45, 7) is 5.58. The number of hydrogen-bond acceptors (Lipinski definition) is 4. The minimum Gasteiger partial charge on any atom is -0.494 e. The van der Waals surface area contributed by atoms with Gasteiger partial charge in [0.2, 0.25) is 0 Å². The van der Waals surface area contributed by atoms with Crippen molar-refractivity contribution in [1.82, 2.24) is 5.32 Å². The van der Waals surface area contributed by atoms with Gasteiger partial charge >= 0.3 is 0 Å². The Labute approximate surface area is 138 Å². The lowest BCUT2D eigenvalue weighted by molar-refractivity contribution is 0.340. The molecule has 1 N–H and O–H groups in total. The second-order valence-corrected chi connectivity index (χ2v) is 5.29. The molecule has 0 fully saturated rings. The van der Waals surface area contributed by atoms with Gasteiger partial charge in [-0.3, -0.25) is 0 Å². The van der Waals surface area contributed by atoms with Crippen molar-refractivity contribution < 1.29 is 14.2 Å². The minimum atomic E-state index is 0.249. The van der Waals surface area contributed by atoms with Gasteiger partial charge in [0, 0.05) is 12.6 Å². The molecule has 1 unspecified atom stereocenters. The molecule has 0 aliphatic rings. The lowest BCUT2D eigenvalue weighted by atomic mass is 10.1. The number of hydrogen-bond donors (Lipinski definition) is 1. The van der Waals surface area contributed by atoms with Crippen LogP contribution in [-0.2, 0) is 6.54 Å². The molecule has 1 atom stereocenters. The molecule has 2 aromatic rings. The Hall–Kier alpha value is -2.20. The van der Waals surface area contributed by atoms with Crippen LogP contribution in [0.3, 0.4) is 0 Å². The van der Waals surface area contributed by atoms with E-state index in [2.05, 4.69) is 24.4 Å². The molecular weight excluding hydrogens is 290 g/mol. The summed E-state index contributed by atoms with van der Waals surface area (Å²) in [6, 6.07) is 14.4. The molecule has 0 amide bonds. The molecule has 0 aromatic heterocycles. The van der Waals surface area contributed by atoms with Crippen LogP contribution in [0.2, 0.25) is 0 Å². The molecule has 0 aliphatic carbocycles. The van der Waals surface area contributed by atoms with Gasteiger partial charge in [-0.05, 0) is 49.2 Å². The summed E-state index contributed by atoms with van der Waals surface area (Å²) in [6.07, 6.45) is 0. The Morgan fingerprint density at radius 1 is 0.957 bits per heavy atom. The van der Waals surface area contributed by atoms with E-state index in [-0.39, 0.29) is 6.04 Å². The molecular formula is C19H25NO3. The highest BCUT2D eigenvalue weighted by molar-refractivity contribution is 5.42. The molecule has 4 nitrogen and oxygen atoms in total.